The molecule has 27 heavy (non-hydrogen) atoms. The molecular weight excluding hydrogens is 386 g/mol. The minimum Gasteiger partial charge on any atom is -0.461 e. The van der Waals surface area contributed by atoms with Crippen LogP contribution in [0.4, 0.5) is 0 Å². The van der Waals surface area contributed by atoms with Crippen LogP contribution in [0.25, 0.3) is 22.3 Å². The number of hydrogen-bond donors (Lipinski definition) is 0. The Bertz CT molecular complexity index is 1080. The molecule has 6 nitrogen and oxygen atoms in total. The summed E-state index contributed by atoms with van der Waals surface area (Å²) in [6.45, 7) is 0.0689. The van der Waals surface area contributed by atoms with Crippen molar-refractivity contribution < 1.29 is 14.1 Å². The van der Waals surface area contributed by atoms with Gasteiger partial charge in [-0.3, -0.25) is 4.79 Å². The maximum atomic E-state index is 12.0. The zero-order valence-corrected chi connectivity index (χ0v) is 15.7. The van der Waals surface area contributed by atoms with Gasteiger partial charge in [-0.2, -0.15) is 16.3 Å². The number of aromatic nitrogens is 3. The molecule has 0 N–H and O–H groups in total. The van der Waals surface area contributed by atoms with Gasteiger partial charge in [-0.05, 0) is 23.6 Å². The smallest absolute Gasteiger partial charge is 0.306 e. The number of fused-ring (bicyclic) bond motifs is 1. The molecule has 0 aliphatic rings. The summed E-state index contributed by atoms with van der Waals surface area (Å²) in [4.78, 5) is 20.6. The Morgan fingerprint density at radius 2 is 2.11 bits per heavy atom. The van der Waals surface area contributed by atoms with Gasteiger partial charge in [-0.15, -0.1) is 0 Å². The number of benzene rings is 1. The summed E-state index contributed by atoms with van der Waals surface area (Å²) in [6, 6.07) is 11.4. The number of thiophene rings is 1. The third-order valence-electron chi connectivity index (χ3n) is 3.93. The summed E-state index contributed by atoms with van der Waals surface area (Å²) in [5.41, 5.74) is 2.37. The molecule has 0 aliphatic heterocycles. The van der Waals surface area contributed by atoms with Gasteiger partial charge in [0, 0.05) is 28.3 Å². The maximum Gasteiger partial charge on any atom is 0.306 e. The van der Waals surface area contributed by atoms with E-state index >= 15 is 0 Å². The lowest BCUT2D eigenvalue weighted by molar-refractivity contribution is -0.145. The monoisotopic (exact) mass is 399 g/mol. The van der Waals surface area contributed by atoms with Crippen molar-refractivity contribution in [3.05, 3.63) is 63.8 Å². The van der Waals surface area contributed by atoms with E-state index < -0.39 is 0 Å². The molecule has 3 heterocycles. The van der Waals surface area contributed by atoms with Crippen LogP contribution in [0.1, 0.15) is 17.9 Å². The fourth-order valence-corrected chi connectivity index (χ4v) is 3.38. The maximum absolute atomic E-state index is 12.0. The second-order valence-corrected chi connectivity index (χ2v) is 6.95. The molecule has 0 atom stereocenters. The fraction of sp³-hybridized carbons (Fsp3) is 0.158. The Morgan fingerprint density at radius 3 is 2.96 bits per heavy atom. The van der Waals surface area contributed by atoms with Crippen LogP contribution in [0, 0.1) is 0 Å². The molecule has 0 aliphatic carbocycles. The highest BCUT2D eigenvalue weighted by Gasteiger charge is 2.13. The molecular formula is C19H14ClN3O3S. The zero-order chi connectivity index (χ0) is 18.6. The van der Waals surface area contributed by atoms with Crippen LogP contribution in [0.2, 0.25) is 5.15 Å². The van der Waals surface area contributed by atoms with Crippen LogP contribution in [-0.4, -0.2) is 21.1 Å². The average Bonchev–Trinajstić information content (AvgIpc) is 3.36. The van der Waals surface area contributed by atoms with Crippen molar-refractivity contribution in [1.29, 1.82) is 0 Å². The van der Waals surface area contributed by atoms with Crippen LogP contribution in [-0.2, 0) is 22.6 Å². The largest absolute Gasteiger partial charge is 0.461 e. The van der Waals surface area contributed by atoms with Crippen molar-refractivity contribution in [2.24, 2.45) is 0 Å². The number of para-hydroxylation sites is 1. The van der Waals surface area contributed by atoms with Crippen LogP contribution < -0.4 is 0 Å². The van der Waals surface area contributed by atoms with Gasteiger partial charge in [0.25, 0.3) is 0 Å². The summed E-state index contributed by atoms with van der Waals surface area (Å²) in [6.07, 6.45) is 0.462. The number of aryl methyl sites for hydroxylation is 1. The van der Waals surface area contributed by atoms with E-state index in [1.165, 1.54) is 0 Å². The van der Waals surface area contributed by atoms with Crippen molar-refractivity contribution in [3.8, 4) is 11.4 Å². The summed E-state index contributed by atoms with van der Waals surface area (Å²) in [7, 11) is 0. The average molecular weight is 400 g/mol. The minimum absolute atomic E-state index is 0.0689. The van der Waals surface area contributed by atoms with E-state index in [4.69, 9.17) is 20.9 Å². The molecule has 0 amide bonds. The van der Waals surface area contributed by atoms with Gasteiger partial charge >= 0.3 is 5.97 Å². The van der Waals surface area contributed by atoms with Crippen LogP contribution in [0.15, 0.2) is 51.7 Å². The van der Waals surface area contributed by atoms with Crippen molar-refractivity contribution in [2.45, 2.75) is 19.4 Å². The molecule has 136 valence electrons. The number of esters is 1. The van der Waals surface area contributed by atoms with Crippen molar-refractivity contribution >= 4 is 39.8 Å². The molecule has 8 heteroatoms. The first kappa shape index (κ1) is 17.6. The lowest BCUT2D eigenvalue weighted by atomic mass is 10.2. The second kappa shape index (κ2) is 7.85. The summed E-state index contributed by atoms with van der Waals surface area (Å²) >= 11 is 7.73. The Kier molecular flexibility index (Phi) is 5.13. The first-order chi connectivity index (χ1) is 13.2. The third-order valence-corrected chi connectivity index (χ3v) is 4.94. The van der Waals surface area contributed by atoms with Crippen LogP contribution >= 0.6 is 22.9 Å². The number of rotatable bonds is 6. The Morgan fingerprint density at radius 1 is 1.22 bits per heavy atom. The van der Waals surface area contributed by atoms with Gasteiger partial charge in [-0.1, -0.05) is 35.0 Å². The quantitative estimate of drug-likeness (QED) is 0.346. The van der Waals surface area contributed by atoms with Gasteiger partial charge in [0.05, 0.1) is 11.9 Å². The van der Waals surface area contributed by atoms with Crippen molar-refractivity contribution in [2.75, 3.05) is 0 Å². The van der Waals surface area contributed by atoms with E-state index in [9.17, 15) is 4.79 Å². The topological polar surface area (TPSA) is 78.1 Å². The SMILES string of the molecule is O=C(CCc1nc(-c2ccsc2)no1)OCc1cc2ccccc2nc1Cl. The summed E-state index contributed by atoms with van der Waals surface area (Å²) in [5.74, 6) is 0.557. The number of nitrogens with zero attached hydrogens (tertiary/aromatic N) is 3. The molecule has 0 unspecified atom stereocenters. The molecule has 0 radical (unpaired) electrons. The predicted molar refractivity (Wildman–Crippen MR) is 102 cm³/mol. The van der Waals surface area contributed by atoms with Gasteiger partial charge in [0.2, 0.25) is 11.7 Å². The van der Waals surface area contributed by atoms with Gasteiger partial charge in [-0.25, -0.2) is 4.98 Å². The van der Waals surface area contributed by atoms with E-state index in [-0.39, 0.29) is 19.0 Å². The Labute approximate surface area is 163 Å². The highest BCUT2D eigenvalue weighted by atomic mass is 35.5. The molecule has 0 spiro atoms. The molecule has 4 aromatic rings. The molecule has 0 saturated heterocycles. The van der Waals surface area contributed by atoms with Crippen LogP contribution in [0.3, 0.4) is 0 Å². The zero-order valence-electron chi connectivity index (χ0n) is 14.1. The molecule has 0 saturated carbocycles. The van der Waals surface area contributed by atoms with Gasteiger partial charge in [0.1, 0.15) is 11.8 Å². The highest BCUT2D eigenvalue weighted by Crippen LogP contribution is 2.22. The van der Waals surface area contributed by atoms with Gasteiger partial charge in [0.15, 0.2) is 0 Å². The van der Waals surface area contributed by atoms with Crippen molar-refractivity contribution in [1.82, 2.24) is 15.1 Å². The minimum atomic E-state index is -0.366. The van der Waals surface area contributed by atoms with E-state index in [2.05, 4.69) is 15.1 Å². The number of pyridine rings is 1. The number of carbonyl (C=O) groups is 1. The molecule has 4 rings (SSSR count). The second-order valence-electron chi connectivity index (χ2n) is 5.82. The lowest BCUT2D eigenvalue weighted by Crippen LogP contribution is -2.06. The van der Waals surface area contributed by atoms with Gasteiger partial charge < -0.3 is 9.26 Å². The lowest BCUT2D eigenvalue weighted by Gasteiger charge is -2.07. The van der Waals surface area contributed by atoms with E-state index in [0.29, 0.717) is 28.9 Å². The normalized spacial score (nSPS) is 11.0. The number of halogens is 1. The number of hydrogen-bond acceptors (Lipinski definition) is 7. The Hall–Kier alpha value is -2.77. The Balaban J connectivity index is 1.33. The van der Waals surface area contributed by atoms with Crippen LogP contribution in [0.5, 0.6) is 0 Å². The molecule has 0 fully saturated rings. The molecule has 0 bridgehead atoms. The highest BCUT2D eigenvalue weighted by molar-refractivity contribution is 7.08. The summed E-state index contributed by atoms with van der Waals surface area (Å²) in [5, 5.41) is 9.06. The first-order valence-electron chi connectivity index (χ1n) is 8.24. The van der Waals surface area contributed by atoms with Crippen molar-refractivity contribution in [3.63, 3.8) is 0 Å². The molecule has 3 aromatic heterocycles. The number of ether oxygens (including phenoxy) is 1. The fourth-order valence-electron chi connectivity index (χ4n) is 2.54. The summed E-state index contributed by atoms with van der Waals surface area (Å²) < 4.78 is 10.5. The van der Waals surface area contributed by atoms with E-state index in [1.807, 2.05) is 47.2 Å². The predicted octanol–water partition coefficient (Wildman–Crippen LogP) is 4.68. The van der Waals surface area contributed by atoms with E-state index in [1.54, 1.807) is 11.3 Å². The molecule has 1 aromatic carbocycles. The number of carbonyl (C=O) groups excluding carboxylic acids is 1. The third kappa shape index (κ3) is 4.15. The first-order valence-corrected chi connectivity index (χ1v) is 9.56. The van der Waals surface area contributed by atoms with E-state index in [0.717, 1.165) is 16.5 Å². The standard InChI is InChI=1S/C19H14ClN3O3S/c20-18-14(9-12-3-1-2-4-15(12)21-18)10-25-17(24)6-5-16-22-19(23-26-16)13-7-8-27-11-13/h1-4,7-9,11H,5-6,10H2.